The number of pyridine rings is 1. The van der Waals surface area contributed by atoms with E-state index in [0.717, 1.165) is 12.1 Å². The molecule has 11 heteroatoms. The summed E-state index contributed by atoms with van der Waals surface area (Å²) < 4.78 is 63.8. The van der Waals surface area contributed by atoms with Gasteiger partial charge in [-0.1, -0.05) is 12.1 Å². The fourth-order valence-electron chi connectivity index (χ4n) is 3.45. The van der Waals surface area contributed by atoms with E-state index in [-0.39, 0.29) is 0 Å². The quantitative estimate of drug-likeness (QED) is 0.591. The number of benzene rings is 1. The lowest BCUT2D eigenvalue weighted by Gasteiger charge is -2.34. The Morgan fingerprint density at radius 3 is 2.19 bits per heavy atom. The smallest absolute Gasteiger partial charge is 0.354 e. The maximum Gasteiger partial charge on any atom is 0.416 e. The van der Waals surface area contributed by atoms with Gasteiger partial charge in [-0.2, -0.15) is 17.5 Å². The highest BCUT2D eigenvalue weighted by atomic mass is 32.2. The van der Waals surface area contributed by atoms with E-state index in [1.54, 1.807) is 30.6 Å². The van der Waals surface area contributed by atoms with E-state index in [1.807, 2.05) is 4.90 Å². The van der Waals surface area contributed by atoms with Gasteiger partial charge in [-0.25, -0.2) is 18.4 Å². The monoisotopic (exact) mass is 463 g/mol. The van der Waals surface area contributed by atoms with Crippen LogP contribution in [-0.2, 0) is 16.2 Å². The molecule has 0 spiro atoms. The molecule has 32 heavy (non-hydrogen) atoms. The largest absolute Gasteiger partial charge is 0.416 e. The van der Waals surface area contributed by atoms with Crippen LogP contribution in [0.5, 0.6) is 0 Å². The third kappa shape index (κ3) is 4.89. The molecule has 1 aromatic carbocycles. The Morgan fingerprint density at radius 1 is 0.938 bits per heavy atom. The average Bonchev–Trinajstić information content (AvgIpc) is 2.78. The van der Waals surface area contributed by atoms with Gasteiger partial charge >= 0.3 is 6.18 Å². The highest BCUT2D eigenvalue weighted by molar-refractivity contribution is 7.88. The number of halogens is 3. The molecule has 1 saturated heterocycles. The lowest BCUT2D eigenvalue weighted by molar-refractivity contribution is -0.137. The first-order valence-electron chi connectivity index (χ1n) is 9.78. The molecule has 0 N–H and O–H groups in total. The fourth-order valence-corrected chi connectivity index (χ4v) is 4.27. The molecule has 7 nitrogen and oxygen atoms in total. The average molecular weight is 463 g/mol. The van der Waals surface area contributed by atoms with Crippen molar-refractivity contribution in [2.24, 2.45) is 0 Å². The van der Waals surface area contributed by atoms with Crippen molar-refractivity contribution < 1.29 is 21.6 Å². The van der Waals surface area contributed by atoms with E-state index in [0.29, 0.717) is 54.6 Å². The number of piperazine rings is 1. The highest BCUT2D eigenvalue weighted by Crippen LogP contribution is 2.32. The summed E-state index contributed by atoms with van der Waals surface area (Å²) in [5.74, 6) is 0.956. The molecule has 1 aliphatic rings. The lowest BCUT2D eigenvalue weighted by atomic mass is 10.1. The lowest BCUT2D eigenvalue weighted by Crippen LogP contribution is -2.48. The third-order valence-electron chi connectivity index (χ3n) is 5.17. The number of hydrogen-bond donors (Lipinski definition) is 0. The van der Waals surface area contributed by atoms with Crippen LogP contribution in [0.4, 0.5) is 19.0 Å². The van der Waals surface area contributed by atoms with Crippen LogP contribution in [0.15, 0.2) is 54.9 Å². The van der Waals surface area contributed by atoms with Crippen LogP contribution in [0.25, 0.3) is 22.6 Å². The molecule has 0 unspecified atom stereocenters. The molecular formula is C21H20F3N5O2S. The SMILES string of the molecule is CS(=O)(=O)N1CCN(c2cc(-c3ccc(C(F)(F)F)cc3)nc(-c3cccnc3)n2)CC1. The zero-order valence-electron chi connectivity index (χ0n) is 17.1. The molecule has 0 bridgehead atoms. The molecule has 3 aromatic rings. The number of anilines is 1. The Hall–Kier alpha value is -3.05. The number of sulfonamides is 1. The normalized spacial score (nSPS) is 15.7. The minimum absolute atomic E-state index is 0.320. The van der Waals surface area contributed by atoms with E-state index in [4.69, 9.17) is 0 Å². The van der Waals surface area contributed by atoms with Gasteiger partial charge in [0.15, 0.2) is 5.82 Å². The molecule has 1 aliphatic heterocycles. The number of nitrogens with zero attached hydrogens (tertiary/aromatic N) is 5. The van der Waals surface area contributed by atoms with E-state index >= 15 is 0 Å². The molecular weight excluding hydrogens is 443 g/mol. The summed E-state index contributed by atoms with van der Waals surface area (Å²) in [6.45, 7) is 1.51. The molecule has 168 valence electrons. The highest BCUT2D eigenvalue weighted by Gasteiger charge is 2.30. The Morgan fingerprint density at radius 2 is 1.62 bits per heavy atom. The summed E-state index contributed by atoms with van der Waals surface area (Å²) in [6.07, 6.45) is -0.0160. The van der Waals surface area contributed by atoms with Gasteiger partial charge in [0.1, 0.15) is 5.82 Å². The molecule has 0 atom stereocenters. The second-order valence-electron chi connectivity index (χ2n) is 7.40. The first-order chi connectivity index (χ1) is 15.1. The van der Waals surface area contributed by atoms with Crippen molar-refractivity contribution in [3.63, 3.8) is 0 Å². The van der Waals surface area contributed by atoms with Gasteiger partial charge in [0.05, 0.1) is 17.5 Å². The van der Waals surface area contributed by atoms with E-state index in [1.165, 1.54) is 22.7 Å². The van der Waals surface area contributed by atoms with Crippen molar-refractivity contribution in [3.8, 4) is 22.6 Å². The minimum atomic E-state index is -4.42. The summed E-state index contributed by atoms with van der Waals surface area (Å²) >= 11 is 0. The maximum absolute atomic E-state index is 12.9. The summed E-state index contributed by atoms with van der Waals surface area (Å²) in [7, 11) is -3.28. The van der Waals surface area contributed by atoms with Crippen molar-refractivity contribution in [2.75, 3.05) is 37.3 Å². The minimum Gasteiger partial charge on any atom is -0.354 e. The van der Waals surface area contributed by atoms with Crippen molar-refractivity contribution >= 4 is 15.8 Å². The second kappa shape index (κ2) is 8.47. The van der Waals surface area contributed by atoms with Crippen LogP contribution in [0.2, 0.25) is 0 Å². The molecule has 4 rings (SSSR count). The van der Waals surface area contributed by atoms with Gasteiger partial charge < -0.3 is 4.90 Å². The summed E-state index contributed by atoms with van der Waals surface area (Å²) in [5.41, 5.74) is 0.909. The van der Waals surface area contributed by atoms with Gasteiger partial charge in [0.2, 0.25) is 10.0 Å². The van der Waals surface area contributed by atoms with Gasteiger partial charge in [-0.3, -0.25) is 4.98 Å². The standard InChI is InChI=1S/C21H20F3N5O2S/c1-32(30,31)29-11-9-28(10-12-29)19-13-18(15-4-6-17(7-5-15)21(22,23)24)26-20(27-19)16-3-2-8-25-14-16/h2-8,13-14H,9-12H2,1H3. The first-order valence-corrected chi connectivity index (χ1v) is 11.6. The maximum atomic E-state index is 12.9. The van der Waals surface area contributed by atoms with Gasteiger partial charge in [0.25, 0.3) is 0 Å². The molecule has 2 aromatic heterocycles. The Bertz CT molecular complexity index is 1190. The van der Waals surface area contributed by atoms with Crippen molar-refractivity contribution in [3.05, 3.63) is 60.4 Å². The summed E-state index contributed by atoms with van der Waals surface area (Å²) in [6, 6.07) is 10.0. The van der Waals surface area contributed by atoms with E-state index < -0.39 is 21.8 Å². The van der Waals surface area contributed by atoms with Gasteiger partial charge in [-0.15, -0.1) is 0 Å². The van der Waals surface area contributed by atoms with Crippen LogP contribution in [-0.4, -0.2) is 60.1 Å². The van der Waals surface area contributed by atoms with Crippen LogP contribution < -0.4 is 4.90 Å². The Balaban J connectivity index is 1.71. The second-order valence-corrected chi connectivity index (χ2v) is 9.38. The summed E-state index contributed by atoms with van der Waals surface area (Å²) in [4.78, 5) is 15.2. The van der Waals surface area contributed by atoms with E-state index in [9.17, 15) is 21.6 Å². The van der Waals surface area contributed by atoms with Gasteiger partial charge in [-0.05, 0) is 24.3 Å². The van der Waals surface area contributed by atoms with Crippen LogP contribution in [0.1, 0.15) is 5.56 Å². The zero-order valence-corrected chi connectivity index (χ0v) is 17.9. The van der Waals surface area contributed by atoms with Crippen molar-refractivity contribution in [2.45, 2.75) is 6.18 Å². The van der Waals surface area contributed by atoms with Crippen LogP contribution in [0.3, 0.4) is 0 Å². The molecule has 3 heterocycles. The number of alkyl halides is 3. The number of hydrogen-bond acceptors (Lipinski definition) is 6. The van der Waals surface area contributed by atoms with Crippen molar-refractivity contribution in [1.29, 1.82) is 0 Å². The van der Waals surface area contributed by atoms with Crippen LogP contribution >= 0.6 is 0 Å². The summed E-state index contributed by atoms with van der Waals surface area (Å²) in [5, 5.41) is 0. The Kier molecular flexibility index (Phi) is 5.87. The molecule has 0 radical (unpaired) electrons. The number of rotatable bonds is 4. The predicted octanol–water partition coefficient (Wildman–Crippen LogP) is 3.31. The molecule has 0 amide bonds. The first kappa shape index (κ1) is 22.2. The predicted molar refractivity (Wildman–Crippen MR) is 114 cm³/mol. The van der Waals surface area contributed by atoms with Crippen LogP contribution in [0, 0.1) is 0 Å². The van der Waals surface area contributed by atoms with Crippen molar-refractivity contribution in [1.82, 2.24) is 19.3 Å². The zero-order chi connectivity index (χ0) is 22.9. The topological polar surface area (TPSA) is 79.3 Å². The molecule has 0 saturated carbocycles. The molecule has 0 aliphatic carbocycles. The fraction of sp³-hybridized carbons (Fsp3) is 0.286. The molecule has 1 fully saturated rings. The van der Waals surface area contributed by atoms with Gasteiger partial charge in [0, 0.05) is 55.8 Å². The Labute approximate surface area is 183 Å². The number of aromatic nitrogens is 3. The van der Waals surface area contributed by atoms with E-state index in [2.05, 4.69) is 15.0 Å². The third-order valence-corrected chi connectivity index (χ3v) is 6.48.